The molecule has 3 aromatic carbocycles. The van der Waals surface area contributed by atoms with E-state index in [1.807, 2.05) is 43.3 Å². The minimum atomic E-state index is -0.263. The van der Waals surface area contributed by atoms with E-state index in [2.05, 4.69) is 22.7 Å². The van der Waals surface area contributed by atoms with Crippen molar-refractivity contribution in [2.45, 2.75) is 13.5 Å². The van der Waals surface area contributed by atoms with E-state index in [0.29, 0.717) is 23.7 Å². The monoisotopic (exact) mass is 374 g/mol. The SMILES string of the molecule is COc1ccc(/C=N/NC(=O)c2ccccc2)cc1OCc1ccc(C)cc1. The van der Waals surface area contributed by atoms with Crippen LogP contribution in [0.2, 0.25) is 0 Å². The van der Waals surface area contributed by atoms with Gasteiger partial charge in [0, 0.05) is 5.56 Å². The molecule has 1 amide bonds. The molecule has 0 saturated heterocycles. The molecule has 0 heterocycles. The molecule has 5 heteroatoms. The van der Waals surface area contributed by atoms with E-state index in [1.54, 1.807) is 37.6 Å². The lowest BCUT2D eigenvalue weighted by Crippen LogP contribution is -2.17. The maximum Gasteiger partial charge on any atom is 0.271 e. The van der Waals surface area contributed by atoms with Crippen molar-refractivity contribution in [2.24, 2.45) is 5.10 Å². The zero-order valence-electron chi connectivity index (χ0n) is 15.9. The van der Waals surface area contributed by atoms with E-state index < -0.39 is 0 Å². The van der Waals surface area contributed by atoms with Gasteiger partial charge in [-0.15, -0.1) is 0 Å². The van der Waals surface area contributed by atoms with Crippen molar-refractivity contribution in [1.29, 1.82) is 0 Å². The predicted octanol–water partition coefficient (Wildman–Crippen LogP) is 4.35. The maximum absolute atomic E-state index is 12.0. The number of carbonyl (C=O) groups is 1. The number of aryl methyl sites for hydroxylation is 1. The topological polar surface area (TPSA) is 59.9 Å². The molecule has 5 nitrogen and oxygen atoms in total. The second-order valence-corrected chi connectivity index (χ2v) is 6.25. The number of carbonyl (C=O) groups excluding carboxylic acids is 1. The third-order valence-electron chi connectivity index (χ3n) is 4.12. The predicted molar refractivity (Wildman–Crippen MR) is 110 cm³/mol. The number of amides is 1. The lowest BCUT2D eigenvalue weighted by atomic mass is 10.1. The Morgan fingerprint density at radius 2 is 1.75 bits per heavy atom. The summed E-state index contributed by atoms with van der Waals surface area (Å²) < 4.78 is 11.3. The van der Waals surface area contributed by atoms with Crippen LogP contribution in [0.5, 0.6) is 11.5 Å². The highest BCUT2D eigenvalue weighted by Gasteiger charge is 2.06. The summed E-state index contributed by atoms with van der Waals surface area (Å²) >= 11 is 0. The highest BCUT2D eigenvalue weighted by Crippen LogP contribution is 2.28. The lowest BCUT2D eigenvalue weighted by Gasteiger charge is -2.11. The summed E-state index contributed by atoms with van der Waals surface area (Å²) in [6.07, 6.45) is 1.57. The first kappa shape index (κ1) is 19.2. The molecule has 0 bridgehead atoms. The second-order valence-electron chi connectivity index (χ2n) is 6.25. The van der Waals surface area contributed by atoms with Gasteiger partial charge >= 0.3 is 0 Å². The molecule has 3 aromatic rings. The van der Waals surface area contributed by atoms with E-state index >= 15 is 0 Å². The van der Waals surface area contributed by atoms with E-state index in [4.69, 9.17) is 9.47 Å². The molecule has 1 N–H and O–H groups in total. The summed E-state index contributed by atoms with van der Waals surface area (Å²) in [5.74, 6) is 0.986. The number of hydrazone groups is 1. The lowest BCUT2D eigenvalue weighted by molar-refractivity contribution is 0.0955. The Morgan fingerprint density at radius 1 is 1.00 bits per heavy atom. The van der Waals surface area contributed by atoms with Crippen LogP contribution in [-0.2, 0) is 6.61 Å². The van der Waals surface area contributed by atoms with E-state index in [9.17, 15) is 4.79 Å². The minimum absolute atomic E-state index is 0.263. The van der Waals surface area contributed by atoms with Crippen LogP contribution in [0.4, 0.5) is 0 Å². The molecule has 0 unspecified atom stereocenters. The smallest absolute Gasteiger partial charge is 0.271 e. The molecule has 0 aliphatic carbocycles. The number of methoxy groups -OCH3 is 1. The molecule has 0 saturated carbocycles. The number of hydrogen-bond donors (Lipinski definition) is 1. The summed E-state index contributed by atoms with van der Waals surface area (Å²) in [7, 11) is 1.60. The Labute approximate surface area is 164 Å². The van der Waals surface area contributed by atoms with Crippen molar-refractivity contribution < 1.29 is 14.3 Å². The molecule has 142 valence electrons. The first-order valence-electron chi connectivity index (χ1n) is 8.90. The van der Waals surface area contributed by atoms with Crippen LogP contribution in [0.25, 0.3) is 0 Å². The second kappa shape index (κ2) is 9.37. The molecule has 0 aliphatic heterocycles. The molecular formula is C23H22N2O3. The Kier molecular flexibility index (Phi) is 6.41. The molecule has 28 heavy (non-hydrogen) atoms. The zero-order chi connectivity index (χ0) is 19.8. The Hall–Kier alpha value is -3.60. The van der Waals surface area contributed by atoms with Gasteiger partial charge in [-0.2, -0.15) is 5.10 Å². The largest absolute Gasteiger partial charge is 0.493 e. The summed E-state index contributed by atoms with van der Waals surface area (Å²) in [6.45, 7) is 2.48. The average Bonchev–Trinajstić information content (AvgIpc) is 2.74. The van der Waals surface area contributed by atoms with Gasteiger partial charge in [-0.25, -0.2) is 5.43 Å². The van der Waals surface area contributed by atoms with Crippen LogP contribution in [0.3, 0.4) is 0 Å². The van der Waals surface area contributed by atoms with Gasteiger partial charge in [-0.1, -0.05) is 48.0 Å². The zero-order valence-corrected chi connectivity index (χ0v) is 15.9. The minimum Gasteiger partial charge on any atom is -0.493 e. The van der Waals surface area contributed by atoms with Gasteiger partial charge in [-0.05, 0) is 48.4 Å². The summed E-state index contributed by atoms with van der Waals surface area (Å²) in [5.41, 5.74) is 6.13. The first-order chi connectivity index (χ1) is 13.7. The van der Waals surface area contributed by atoms with Gasteiger partial charge in [0.1, 0.15) is 6.61 Å². The van der Waals surface area contributed by atoms with Crippen molar-refractivity contribution in [3.8, 4) is 11.5 Å². The van der Waals surface area contributed by atoms with Crippen molar-refractivity contribution >= 4 is 12.1 Å². The van der Waals surface area contributed by atoms with Gasteiger partial charge < -0.3 is 9.47 Å². The third-order valence-corrected chi connectivity index (χ3v) is 4.12. The summed E-state index contributed by atoms with van der Waals surface area (Å²) in [4.78, 5) is 12.0. The highest BCUT2D eigenvalue weighted by atomic mass is 16.5. The van der Waals surface area contributed by atoms with Crippen LogP contribution in [0, 0.1) is 6.92 Å². The van der Waals surface area contributed by atoms with E-state index in [1.165, 1.54) is 5.56 Å². The summed E-state index contributed by atoms with van der Waals surface area (Å²) in [6, 6.07) is 22.6. The Balaban J connectivity index is 1.66. The van der Waals surface area contributed by atoms with E-state index in [0.717, 1.165) is 11.1 Å². The number of hydrogen-bond acceptors (Lipinski definition) is 4. The van der Waals surface area contributed by atoms with Crippen LogP contribution in [0.1, 0.15) is 27.0 Å². The van der Waals surface area contributed by atoms with Gasteiger partial charge in [0.2, 0.25) is 0 Å². The fraction of sp³-hybridized carbons (Fsp3) is 0.130. The number of benzene rings is 3. The van der Waals surface area contributed by atoms with E-state index in [-0.39, 0.29) is 5.91 Å². The quantitative estimate of drug-likeness (QED) is 0.494. The van der Waals surface area contributed by atoms with Crippen molar-refractivity contribution in [3.05, 3.63) is 95.1 Å². The maximum atomic E-state index is 12.0. The fourth-order valence-electron chi connectivity index (χ4n) is 2.55. The number of nitrogens with zero attached hydrogens (tertiary/aromatic N) is 1. The van der Waals surface area contributed by atoms with Crippen LogP contribution in [-0.4, -0.2) is 19.2 Å². The normalized spacial score (nSPS) is 10.6. The molecule has 0 aliphatic rings. The van der Waals surface area contributed by atoms with Gasteiger partial charge in [0.05, 0.1) is 13.3 Å². The molecule has 0 fully saturated rings. The molecule has 0 spiro atoms. The number of rotatable bonds is 7. The van der Waals surface area contributed by atoms with Gasteiger partial charge in [0.25, 0.3) is 5.91 Å². The molecule has 3 rings (SSSR count). The van der Waals surface area contributed by atoms with Gasteiger partial charge in [-0.3, -0.25) is 4.79 Å². The number of ether oxygens (including phenoxy) is 2. The standard InChI is InChI=1S/C23H22N2O3/c1-17-8-10-18(11-9-17)16-28-22-14-19(12-13-21(22)27-2)15-24-25-23(26)20-6-4-3-5-7-20/h3-15H,16H2,1-2H3,(H,25,26)/b24-15+. The molecule has 0 aromatic heterocycles. The average molecular weight is 374 g/mol. The van der Waals surface area contributed by atoms with Crippen molar-refractivity contribution in [2.75, 3.05) is 7.11 Å². The fourth-order valence-corrected chi connectivity index (χ4v) is 2.55. The third kappa shape index (κ3) is 5.20. The van der Waals surface area contributed by atoms with Crippen molar-refractivity contribution in [3.63, 3.8) is 0 Å². The van der Waals surface area contributed by atoms with Crippen LogP contribution >= 0.6 is 0 Å². The summed E-state index contributed by atoms with van der Waals surface area (Å²) in [5, 5.41) is 4.02. The molecule has 0 atom stereocenters. The molecule has 0 radical (unpaired) electrons. The Bertz CT molecular complexity index is 951. The number of nitrogens with one attached hydrogen (secondary N) is 1. The molecular weight excluding hydrogens is 352 g/mol. The Morgan fingerprint density at radius 3 is 2.46 bits per heavy atom. The first-order valence-corrected chi connectivity index (χ1v) is 8.90. The van der Waals surface area contributed by atoms with Crippen LogP contribution < -0.4 is 14.9 Å². The van der Waals surface area contributed by atoms with Crippen molar-refractivity contribution in [1.82, 2.24) is 5.43 Å². The van der Waals surface area contributed by atoms with Crippen LogP contribution in [0.15, 0.2) is 77.9 Å². The van der Waals surface area contributed by atoms with Gasteiger partial charge in [0.15, 0.2) is 11.5 Å². The highest BCUT2D eigenvalue weighted by molar-refractivity contribution is 5.94.